The van der Waals surface area contributed by atoms with E-state index in [0.717, 1.165) is 12.1 Å². The van der Waals surface area contributed by atoms with E-state index in [4.69, 9.17) is 4.74 Å². The van der Waals surface area contributed by atoms with Gasteiger partial charge in [-0.1, -0.05) is 0 Å². The van der Waals surface area contributed by atoms with Crippen LogP contribution in [0.4, 0.5) is 10.1 Å². The lowest BCUT2D eigenvalue weighted by atomic mass is 10.2. The highest BCUT2D eigenvalue weighted by Gasteiger charge is 2.18. The molecule has 1 aliphatic rings. The number of nitro benzene ring substituents is 1. The van der Waals surface area contributed by atoms with Crippen LogP contribution in [0.3, 0.4) is 0 Å². The van der Waals surface area contributed by atoms with Crippen molar-refractivity contribution >= 4 is 11.9 Å². The average Bonchev–Trinajstić information content (AvgIpc) is 2.44. The predicted molar refractivity (Wildman–Crippen MR) is 76.5 cm³/mol. The zero-order chi connectivity index (χ0) is 15.4. The highest BCUT2D eigenvalue weighted by atomic mass is 19.1. The summed E-state index contributed by atoms with van der Waals surface area (Å²) in [6.07, 6.45) is 6.87. The molecule has 0 aliphatic carbocycles. The van der Waals surface area contributed by atoms with E-state index in [-0.39, 0.29) is 5.75 Å². The van der Waals surface area contributed by atoms with E-state index < -0.39 is 16.4 Å². The van der Waals surface area contributed by atoms with Gasteiger partial charge in [-0.3, -0.25) is 15.1 Å². The molecule has 21 heavy (non-hydrogen) atoms. The Bertz CT molecular complexity index is 653. The molecule has 1 heterocycles. The van der Waals surface area contributed by atoms with Crippen LogP contribution in [0.1, 0.15) is 12.5 Å². The van der Waals surface area contributed by atoms with Gasteiger partial charge < -0.3 is 4.74 Å². The lowest BCUT2D eigenvalue weighted by Gasteiger charge is -2.18. The zero-order valence-electron chi connectivity index (χ0n) is 11.6. The molecule has 0 fully saturated rings. The summed E-state index contributed by atoms with van der Waals surface area (Å²) < 4.78 is 19.2. The standard InChI is InChI=1S/C14H14FN3O3/c1-3-16-17-6-4-11(5-7-17)21-14-9-12(15)13(18(19)20)8-10(14)2/h3-6,8-9H,7H2,1-2H3/b16-3-. The van der Waals surface area contributed by atoms with Gasteiger partial charge in [-0.2, -0.15) is 9.49 Å². The Morgan fingerprint density at radius 1 is 1.52 bits per heavy atom. The highest BCUT2D eigenvalue weighted by molar-refractivity contribution is 5.53. The first-order valence-electron chi connectivity index (χ1n) is 6.27. The molecule has 0 radical (unpaired) electrons. The van der Waals surface area contributed by atoms with Gasteiger partial charge in [0.1, 0.15) is 11.5 Å². The third-order valence-electron chi connectivity index (χ3n) is 2.82. The molecule has 0 atom stereocenters. The lowest BCUT2D eigenvalue weighted by molar-refractivity contribution is -0.387. The molecule has 6 nitrogen and oxygen atoms in total. The largest absolute Gasteiger partial charge is 0.457 e. The van der Waals surface area contributed by atoms with E-state index >= 15 is 0 Å². The second kappa shape index (κ2) is 6.17. The van der Waals surface area contributed by atoms with Gasteiger partial charge in [0.15, 0.2) is 0 Å². The summed E-state index contributed by atoms with van der Waals surface area (Å²) in [5, 5.41) is 16.4. The Morgan fingerprint density at radius 2 is 2.29 bits per heavy atom. The molecule has 1 aromatic rings. The van der Waals surface area contributed by atoms with Crippen molar-refractivity contribution in [2.24, 2.45) is 5.10 Å². The molecule has 110 valence electrons. The number of ether oxygens (including phenoxy) is 1. The number of nitro groups is 1. The summed E-state index contributed by atoms with van der Waals surface area (Å²) in [4.78, 5) is 9.90. The van der Waals surface area contributed by atoms with Crippen molar-refractivity contribution in [3.8, 4) is 5.75 Å². The van der Waals surface area contributed by atoms with Gasteiger partial charge in [-0.15, -0.1) is 0 Å². The fourth-order valence-corrected chi connectivity index (χ4v) is 1.81. The van der Waals surface area contributed by atoms with Gasteiger partial charge in [-0.25, -0.2) is 0 Å². The normalized spacial score (nSPS) is 14.4. The fraction of sp³-hybridized carbons (Fsp3) is 0.214. The minimum absolute atomic E-state index is 0.251. The summed E-state index contributed by atoms with van der Waals surface area (Å²) in [5.74, 6) is -0.131. The highest BCUT2D eigenvalue weighted by Crippen LogP contribution is 2.28. The monoisotopic (exact) mass is 291 g/mol. The summed E-state index contributed by atoms with van der Waals surface area (Å²) in [5.41, 5.74) is -0.0668. The van der Waals surface area contributed by atoms with Crippen LogP contribution in [0, 0.1) is 22.9 Å². The molecule has 1 aliphatic heterocycles. The summed E-state index contributed by atoms with van der Waals surface area (Å²) in [6, 6.07) is 2.18. The van der Waals surface area contributed by atoms with Crippen LogP contribution >= 0.6 is 0 Å². The molecule has 1 aromatic carbocycles. The third-order valence-corrected chi connectivity index (χ3v) is 2.82. The number of halogens is 1. The van der Waals surface area contributed by atoms with Crippen LogP contribution in [0.25, 0.3) is 0 Å². The van der Waals surface area contributed by atoms with Gasteiger partial charge >= 0.3 is 5.69 Å². The first-order chi connectivity index (χ1) is 10.0. The predicted octanol–water partition coefficient (Wildman–Crippen LogP) is 3.14. The van der Waals surface area contributed by atoms with Crippen LogP contribution in [-0.4, -0.2) is 22.7 Å². The SMILES string of the molecule is C/C=N\N1C=CC(Oc2cc(F)c([N+](=O)[O-])cc2C)=CC1. The number of hydrazone groups is 1. The average molecular weight is 291 g/mol. The smallest absolute Gasteiger partial charge is 0.305 e. The van der Waals surface area contributed by atoms with Crippen molar-refractivity contribution in [3.05, 3.63) is 57.7 Å². The van der Waals surface area contributed by atoms with Crippen LogP contribution in [0.2, 0.25) is 0 Å². The number of hydrogen-bond donors (Lipinski definition) is 0. The van der Waals surface area contributed by atoms with Crippen LogP contribution in [-0.2, 0) is 0 Å². The fourth-order valence-electron chi connectivity index (χ4n) is 1.81. The molecule has 0 amide bonds. The molecule has 0 bridgehead atoms. The van der Waals surface area contributed by atoms with Crippen molar-refractivity contribution in [1.82, 2.24) is 5.01 Å². The van der Waals surface area contributed by atoms with Crippen LogP contribution < -0.4 is 4.74 Å². The number of allylic oxidation sites excluding steroid dienone is 1. The third kappa shape index (κ3) is 3.44. The van der Waals surface area contributed by atoms with Gasteiger partial charge in [0.05, 0.1) is 11.5 Å². The topological polar surface area (TPSA) is 68.0 Å². The Balaban J connectivity index is 2.16. The summed E-state index contributed by atoms with van der Waals surface area (Å²) in [7, 11) is 0. The Kier molecular flexibility index (Phi) is 4.32. The molecule has 7 heteroatoms. The summed E-state index contributed by atoms with van der Waals surface area (Å²) >= 11 is 0. The van der Waals surface area contributed by atoms with Gasteiger partial charge in [0, 0.05) is 24.5 Å². The first-order valence-corrected chi connectivity index (χ1v) is 6.27. The molecular weight excluding hydrogens is 277 g/mol. The number of hydrogen-bond acceptors (Lipinski definition) is 5. The van der Waals surface area contributed by atoms with E-state index in [1.165, 1.54) is 0 Å². The molecular formula is C14H14FN3O3. The number of aryl methyl sites for hydroxylation is 1. The Morgan fingerprint density at radius 3 is 2.86 bits per heavy atom. The van der Waals surface area contributed by atoms with E-state index in [1.807, 2.05) is 6.92 Å². The number of benzene rings is 1. The molecule has 0 aromatic heterocycles. The molecule has 0 unspecified atom stereocenters. The molecule has 2 rings (SSSR count). The molecule has 0 saturated heterocycles. The van der Waals surface area contributed by atoms with Crippen LogP contribution in [0.5, 0.6) is 5.75 Å². The lowest BCUT2D eigenvalue weighted by Crippen LogP contribution is -2.14. The zero-order valence-corrected chi connectivity index (χ0v) is 11.6. The maximum Gasteiger partial charge on any atom is 0.305 e. The Hall–Kier alpha value is -2.70. The van der Waals surface area contributed by atoms with Crippen molar-refractivity contribution in [2.45, 2.75) is 13.8 Å². The van der Waals surface area contributed by atoms with Crippen LogP contribution in [0.15, 0.2) is 41.3 Å². The maximum atomic E-state index is 13.6. The van der Waals surface area contributed by atoms with E-state index in [9.17, 15) is 14.5 Å². The second-order valence-corrected chi connectivity index (χ2v) is 4.35. The van der Waals surface area contributed by atoms with E-state index in [1.54, 1.807) is 36.5 Å². The first kappa shape index (κ1) is 14.7. The van der Waals surface area contributed by atoms with Crippen molar-refractivity contribution in [1.29, 1.82) is 0 Å². The summed E-state index contributed by atoms with van der Waals surface area (Å²) in [6.45, 7) is 3.97. The van der Waals surface area contributed by atoms with Crippen molar-refractivity contribution in [2.75, 3.05) is 6.54 Å². The van der Waals surface area contributed by atoms with Gasteiger partial charge in [0.25, 0.3) is 0 Å². The van der Waals surface area contributed by atoms with E-state index in [0.29, 0.717) is 17.9 Å². The molecule has 0 spiro atoms. The van der Waals surface area contributed by atoms with Gasteiger partial charge in [0.2, 0.25) is 5.82 Å². The molecule has 0 saturated carbocycles. The quantitative estimate of drug-likeness (QED) is 0.485. The van der Waals surface area contributed by atoms with Crippen molar-refractivity contribution < 1.29 is 14.1 Å². The van der Waals surface area contributed by atoms with Gasteiger partial charge in [-0.05, 0) is 31.6 Å². The Labute approximate surface area is 121 Å². The number of rotatable bonds is 4. The van der Waals surface area contributed by atoms with Crippen molar-refractivity contribution in [3.63, 3.8) is 0 Å². The van der Waals surface area contributed by atoms with E-state index in [2.05, 4.69) is 5.10 Å². The maximum absolute atomic E-state index is 13.6. The minimum Gasteiger partial charge on any atom is -0.457 e. The minimum atomic E-state index is -0.918. The molecule has 0 N–H and O–H groups in total. The number of nitrogens with zero attached hydrogens (tertiary/aromatic N) is 3. The second-order valence-electron chi connectivity index (χ2n) is 4.35.